The molecule has 0 saturated carbocycles. The Morgan fingerprint density at radius 1 is 1.21 bits per heavy atom. The van der Waals surface area contributed by atoms with Crippen molar-refractivity contribution in [3.8, 4) is 0 Å². The van der Waals surface area contributed by atoms with E-state index in [2.05, 4.69) is 19.2 Å². The summed E-state index contributed by atoms with van der Waals surface area (Å²) in [5.74, 6) is 0. The van der Waals surface area contributed by atoms with Crippen molar-refractivity contribution in [1.82, 2.24) is 9.62 Å². The topological polar surface area (TPSA) is 49.4 Å². The molecule has 19 heavy (non-hydrogen) atoms. The third-order valence-corrected chi connectivity index (χ3v) is 4.82. The standard InChI is InChI=1S/C14H24N2O2S/c1-5-10-15-12(2)11-13-6-8-14(9-7-13)19(17,18)16(3)4/h6-9,12,15H,5,10-11H2,1-4H3. The fraction of sp³-hybridized carbons (Fsp3) is 0.571. The van der Waals surface area contributed by atoms with Gasteiger partial charge in [-0.25, -0.2) is 12.7 Å². The number of rotatable bonds is 7. The largest absolute Gasteiger partial charge is 0.314 e. The van der Waals surface area contributed by atoms with Crippen LogP contribution in [-0.4, -0.2) is 39.4 Å². The predicted molar refractivity (Wildman–Crippen MR) is 78.8 cm³/mol. The predicted octanol–water partition coefficient (Wildman–Crippen LogP) is 1.87. The van der Waals surface area contributed by atoms with Gasteiger partial charge in [-0.2, -0.15) is 0 Å². The average Bonchev–Trinajstić information content (AvgIpc) is 2.36. The van der Waals surface area contributed by atoms with Gasteiger partial charge in [-0.3, -0.25) is 0 Å². The van der Waals surface area contributed by atoms with E-state index in [-0.39, 0.29) is 0 Å². The van der Waals surface area contributed by atoms with Crippen molar-refractivity contribution in [3.05, 3.63) is 29.8 Å². The number of benzene rings is 1. The molecule has 0 saturated heterocycles. The summed E-state index contributed by atoms with van der Waals surface area (Å²) in [6, 6.07) is 7.53. The molecule has 1 aromatic carbocycles. The number of nitrogens with one attached hydrogen (secondary N) is 1. The van der Waals surface area contributed by atoms with Gasteiger partial charge in [0.2, 0.25) is 10.0 Å². The Morgan fingerprint density at radius 2 is 1.79 bits per heavy atom. The second-order valence-electron chi connectivity index (χ2n) is 4.99. The van der Waals surface area contributed by atoms with Crippen molar-refractivity contribution in [2.24, 2.45) is 0 Å². The molecule has 1 atom stereocenters. The van der Waals surface area contributed by atoms with Crippen molar-refractivity contribution in [2.75, 3.05) is 20.6 Å². The van der Waals surface area contributed by atoms with E-state index in [4.69, 9.17) is 0 Å². The maximum atomic E-state index is 11.9. The third-order valence-electron chi connectivity index (χ3n) is 2.99. The van der Waals surface area contributed by atoms with Crippen LogP contribution < -0.4 is 5.32 Å². The van der Waals surface area contributed by atoms with Crippen LogP contribution in [0.25, 0.3) is 0 Å². The van der Waals surface area contributed by atoms with Gasteiger partial charge in [0, 0.05) is 20.1 Å². The maximum absolute atomic E-state index is 11.9. The second kappa shape index (κ2) is 7.03. The molecule has 108 valence electrons. The fourth-order valence-corrected chi connectivity index (χ4v) is 2.73. The average molecular weight is 284 g/mol. The van der Waals surface area contributed by atoms with E-state index >= 15 is 0 Å². The molecule has 0 aliphatic carbocycles. The Balaban J connectivity index is 2.72. The lowest BCUT2D eigenvalue weighted by atomic mass is 10.1. The molecule has 0 bridgehead atoms. The summed E-state index contributed by atoms with van der Waals surface area (Å²) in [7, 11) is -0.235. The SMILES string of the molecule is CCCNC(C)Cc1ccc(S(=O)(=O)N(C)C)cc1. The fourth-order valence-electron chi connectivity index (χ4n) is 1.82. The van der Waals surface area contributed by atoms with E-state index in [1.807, 2.05) is 12.1 Å². The molecule has 0 amide bonds. The highest BCUT2D eigenvalue weighted by atomic mass is 32.2. The van der Waals surface area contributed by atoms with Crippen molar-refractivity contribution in [1.29, 1.82) is 0 Å². The van der Waals surface area contributed by atoms with E-state index in [0.29, 0.717) is 10.9 Å². The Bertz CT molecular complexity index is 481. The second-order valence-corrected chi connectivity index (χ2v) is 7.14. The molecule has 0 heterocycles. The number of hydrogen-bond donors (Lipinski definition) is 1. The Labute approximate surface area is 116 Å². The lowest BCUT2D eigenvalue weighted by Crippen LogP contribution is -2.28. The van der Waals surface area contributed by atoms with E-state index in [1.54, 1.807) is 26.2 Å². The molecule has 0 spiro atoms. The molecule has 5 heteroatoms. The zero-order valence-electron chi connectivity index (χ0n) is 12.2. The molecule has 0 aliphatic heterocycles. The molecular formula is C14H24N2O2S. The van der Waals surface area contributed by atoms with Gasteiger partial charge >= 0.3 is 0 Å². The minimum absolute atomic E-state index is 0.343. The summed E-state index contributed by atoms with van der Waals surface area (Å²) in [5, 5.41) is 3.42. The van der Waals surface area contributed by atoms with Crippen molar-refractivity contribution >= 4 is 10.0 Å². The Morgan fingerprint density at radius 3 is 2.26 bits per heavy atom. The van der Waals surface area contributed by atoms with Gasteiger partial charge in [0.25, 0.3) is 0 Å². The molecule has 1 aromatic rings. The van der Waals surface area contributed by atoms with Gasteiger partial charge in [-0.15, -0.1) is 0 Å². The summed E-state index contributed by atoms with van der Waals surface area (Å²) in [4.78, 5) is 0.343. The highest BCUT2D eigenvalue weighted by Crippen LogP contribution is 2.14. The maximum Gasteiger partial charge on any atom is 0.242 e. The lowest BCUT2D eigenvalue weighted by molar-refractivity contribution is 0.520. The van der Waals surface area contributed by atoms with Crippen LogP contribution in [0.5, 0.6) is 0 Å². The first-order chi connectivity index (χ1) is 8.87. The number of nitrogens with zero attached hydrogens (tertiary/aromatic N) is 1. The van der Waals surface area contributed by atoms with Crippen molar-refractivity contribution in [3.63, 3.8) is 0 Å². The van der Waals surface area contributed by atoms with Crippen molar-refractivity contribution in [2.45, 2.75) is 37.6 Å². The first-order valence-electron chi connectivity index (χ1n) is 6.62. The van der Waals surface area contributed by atoms with Gasteiger partial charge in [0.15, 0.2) is 0 Å². The number of sulfonamides is 1. The van der Waals surface area contributed by atoms with Crippen LogP contribution in [-0.2, 0) is 16.4 Å². The molecule has 0 fully saturated rings. The smallest absolute Gasteiger partial charge is 0.242 e. The van der Waals surface area contributed by atoms with Crippen LogP contribution in [0.2, 0.25) is 0 Å². The zero-order chi connectivity index (χ0) is 14.5. The first kappa shape index (κ1) is 16.1. The summed E-state index contributed by atoms with van der Waals surface area (Å²) < 4.78 is 25.1. The van der Waals surface area contributed by atoms with Gasteiger partial charge in [-0.1, -0.05) is 19.1 Å². The quantitative estimate of drug-likeness (QED) is 0.831. The van der Waals surface area contributed by atoms with E-state index in [1.165, 1.54) is 4.31 Å². The van der Waals surface area contributed by atoms with Gasteiger partial charge in [0.1, 0.15) is 0 Å². The van der Waals surface area contributed by atoms with Gasteiger partial charge < -0.3 is 5.32 Å². The zero-order valence-corrected chi connectivity index (χ0v) is 13.0. The summed E-state index contributed by atoms with van der Waals surface area (Å²) >= 11 is 0. The van der Waals surface area contributed by atoms with E-state index < -0.39 is 10.0 Å². The molecule has 1 rings (SSSR count). The van der Waals surface area contributed by atoms with Gasteiger partial charge in [0.05, 0.1) is 4.90 Å². The van der Waals surface area contributed by atoms with Crippen LogP contribution >= 0.6 is 0 Å². The number of hydrogen-bond acceptors (Lipinski definition) is 3. The molecule has 1 unspecified atom stereocenters. The highest BCUT2D eigenvalue weighted by Gasteiger charge is 2.16. The minimum atomic E-state index is -3.32. The van der Waals surface area contributed by atoms with Crippen LogP contribution in [0.3, 0.4) is 0 Å². The molecule has 0 radical (unpaired) electrons. The molecular weight excluding hydrogens is 260 g/mol. The summed E-state index contributed by atoms with van der Waals surface area (Å²) in [6.45, 7) is 5.29. The molecule has 0 aromatic heterocycles. The highest BCUT2D eigenvalue weighted by molar-refractivity contribution is 7.89. The Hall–Kier alpha value is -0.910. The minimum Gasteiger partial charge on any atom is -0.314 e. The van der Waals surface area contributed by atoms with Crippen LogP contribution in [0.15, 0.2) is 29.2 Å². The normalized spacial score (nSPS) is 13.7. The van der Waals surface area contributed by atoms with Crippen LogP contribution in [0.1, 0.15) is 25.8 Å². The molecule has 4 nitrogen and oxygen atoms in total. The van der Waals surface area contributed by atoms with E-state index in [9.17, 15) is 8.42 Å². The monoisotopic (exact) mass is 284 g/mol. The van der Waals surface area contributed by atoms with Crippen LogP contribution in [0.4, 0.5) is 0 Å². The van der Waals surface area contributed by atoms with Crippen molar-refractivity contribution < 1.29 is 8.42 Å². The molecule has 1 N–H and O–H groups in total. The van der Waals surface area contributed by atoms with E-state index in [0.717, 1.165) is 24.9 Å². The lowest BCUT2D eigenvalue weighted by Gasteiger charge is -2.14. The summed E-state index contributed by atoms with van der Waals surface area (Å²) in [5.41, 5.74) is 1.15. The van der Waals surface area contributed by atoms with Gasteiger partial charge in [-0.05, 0) is 44.0 Å². The Kier molecular flexibility index (Phi) is 5.97. The first-order valence-corrected chi connectivity index (χ1v) is 8.06. The summed E-state index contributed by atoms with van der Waals surface area (Å²) in [6.07, 6.45) is 2.02. The third kappa shape index (κ3) is 4.60. The molecule has 0 aliphatic rings. The van der Waals surface area contributed by atoms with Crippen LogP contribution in [0, 0.1) is 0 Å².